The van der Waals surface area contributed by atoms with Crippen LogP contribution < -0.4 is 11.5 Å². The van der Waals surface area contributed by atoms with Gasteiger partial charge < -0.3 is 11.5 Å². The second kappa shape index (κ2) is 4.97. The van der Waals surface area contributed by atoms with Crippen molar-refractivity contribution in [2.75, 3.05) is 6.54 Å². The Morgan fingerprint density at radius 2 is 2.12 bits per heavy atom. The van der Waals surface area contributed by atoms with Crippen LogP contribution in [0, 0.1) is 0 Å². The molecule has 5 nitrogen and oxygen atoms in total. The Labute approximate surface area is 99.4 Å². The van der Waals surface area contributed by atoms with Gasteiger partial charge in [0, 0.05) is 11.9 Å². The van der Waals surface area contributed by atoms with E-state index >= 15 is 0 Å². The monoisotopic (exact) mass is 232 g/mol. The van der Waals surface area contributed by atoms with Crippen molar-refractivity contribution in [3.8, 4) is 0 Å². The zero-order valence-corrected chi connectivity index (χ0v) is 9.60. The molecule has 0 saturated carbocycles. The highest BCUT2D eigenvalue weighted by Gasteiger charge is 2.11. The number of carbonyl (C=O) groups is 1. The predicted octanol–water partition coefficient (Wildman–Crippen LogP) is 0.413. The third kappa shape index (κ3) is 2.45. The molecular weight excluding hydrogens is 216 g/mol. The number of amides is 1. The molecule has 1 amide bonds. The Morgan fingerprint density at radius 3 is 2.82 bits per heavy atom. The maximum Gasteiger partial charge on any atom is 0.223 e. The molecule has 0 bridgehead atoms. The van der Waals surface area contributed by atoms with Gasteiger partial charge in [-0.3, -0.25) is 9.48 Å². The number of hydrogen-bond acceptors (Lipinski definition) is 3. The molecule has 90 valence electrons. The molecule has 1 aromatic heterocycles. The van der Waals surface area contributed by atoms with Crippen LogP contribution in [0.1, 0.15) is 12.1 Å². The molecular formula is C12H16N4O. The van der Waals surface area contributed by atoms with Crippen LogP contribution in [0.4, 0.5) is 0 Å². The lowest BCUT2D eigenvalue weighted by Crippen LogP contribution is -2.14. The van der Waals surface area contributed by atoms with Crippen LogP contribution >= 0.6 is 0 Å². The summed E-state index contributed by atoms with van der Waals surface area (Å²) in [5.41, 5.74) is 12.5. The quantitative estimate of drug-likeness (QED) is 0.782. The molecule has 0 fully saturated rings. The zero-order valence-electron chi connectivity index (χ0n) is 9.60. The molecule has 0 radical (unpaired) electrons. The predicted molar refractivity (Wildman–Crippen MR) is 66.3 cm³/mol. The Hall–Kier alpha value is -1.88. The van der Waals surface area contributed by atoms with E-state index in [1.807, 2.05) is 28.9 Å². The molecule has 17 heavy (non-hydrogen) atoms. The number of nitrogens with two attached hydrogens (primary N) is 2. The van der Waals surface area contributed by atoms with Gasteiger partial charge in [-0.15, -0.1) is 0 Å². The second-order valence-electron chi connectivity index (χ2n) is 3.97. The van der Waals surface area contributed by atoms with Crippen LogP contribution in [0.15, 0.2) is 24.3 Å². The van der Waals surface area contributed by atoms with Gasteiger partial charge >= 0.3 is 0 Å². The zero-order chi connectivity index (χ0) is 12.3. The SMILES string of the molecule is NCCCn1nc(CC(N)=O)c2ccccc21. The van der Waals surface area contributed by atoms with E-state index in [1.54, 1.807) is 0 Å². The van der Waals surface area contributed by atoms with Crippen LogP contribution in [0.2, 0.25) is 0 Å². The number of carbonyl (C=O) groups excluding carboxylic acids is 1. The first-order valence-electron chi connectivity index (χ1n) is 5.65. The average Bonchev–Trinajstić information content (AvgIpc) is 2.65. The first kappa shape index (κ1) is 11.6. The maximum atomic E-state index is 11.0. The van der Waals surface area contributed by atoms with E-state index in [-0.39, 0.29) is 12.3 Å². The number of hydrogen-bond donors (Lipinski definition) is 2. The molecule has 0 atom stereocenters. The van der Waals surface area contributed by atoms with Crippen molar-refractivity contribution in [3.63, 3.8) is 0 Å². The second-order valence-corrected chi connectivity index (χ2v) is 3.97. The van der Waals surface area contributed by atoms with Crippen molar-refractivity contribution >= 4 is 16.8 Å². The summed E-state index contributed by atoms with van der Waals surface area (Å²) in [7, 11) is 0. The molecule has 4 N–H and O–H groups in total. The van der Waals surface area contributed by atoms with E-state index in [0.29, 0.717) is 6.54 Å². The van der Waals surface area contributed by atoms with Crippen LogP contribution in [0.25, 0.3) is 10.9 Å². The van der Waals surface area contributed by atoms with Crippen LogP contribution in [-0.4, -0.2) is 22.2 Å². The summed E-state index contributed by atoms with van der Waals surface area (Å²) in [6.45, 7) is 1.38. The number of fused-ring (bicyclic) bond motifs is 1. The molecule has 0 aliphatic rings. The molecule has 1 heterocycles. The smallest absolute Gasteiger partial charge is 0.223 e. The number of nitrogens with zero attached hydrogens (tertiary/aromatic N) is 2. The summed E-state index contributed by atoms with van der Waals surface area (Å²) >= 11 is 0. The van der Waals surface area contributed by atoms with E-state index in [1.165, 1.54) is 0 Å². The van der Waals surface area contributed by atoms with Crippen LogP contribution in [0.3, 0.4) is 0 Å². The average molecular weight is 232 g/mol. The highest BCUT2D eigenvalue weighted by Crippen LogP contribution is 2.18. The Bertz CT molecular complexity index is 532. The molecule has 0 aliphatic heterocycles. The number of aromatic nitrogens is 2. The molecule has 2 rings (SSSR count). The van der Waals surface area contributed by atoms with Gasteiger partial charge in [-0.05, 0) is 19.0 Å². The summed E-state index contributed by atoms with van der Waals surface area (Å²) in [6, 6.07) is 7.84. The molecule has 0 unspecified atom stereocenters. The van der Waals surface area contributed by atoms with Crippen molar-refractivity contribution < 1.29 is 4.79 Å². The number of benzene rings is 1. The maximum absolute atomic E-state index is 11.0. The Balaban J connectivity index is 2.42. The minimum atomic E-state index is -0.362. The third-order valence-electron chi connectivity index (χ3n) is 2.65. The number of aryl methyl sites for hydroxylation is 1. The van der Waals surface area contributed by atoms with E-state index in [2.05, 4.69) is 5.10 Å². The van der Waals surface area contributed by atoms with Crippen molar-refractivity contribution in [2.24, 2.45) is 11.5 Å². The fourth-order valence-corrected chi connectivity index (χ4v) is 1.90. The lowest BCUT2D eigenvalue weighted by Gasteiger charge is -2.00. The molecule has 5 heteroatoms. The Kier molecular flexibility index (Phi) is 3.39. The van der Waals surface area contributed by atoms with Gasteiger partial charge in [-0.2, -0.15) is 5.10 Å². The van der Waals surface area contributed by atoms with Crippen molar-refractivity contribution in [1.82, 2.24) is 9.78 Å². The summed E-state index contributed by atoms with van der Waals surface area (Å²) in [5, 5.41) is 5.42. The molecule has 0 saturated heterocycles. The van der Waals surface area contributed by atoms with Crippen molar-refractivity contribution in [2.45, 2.75) is 19.4 Å². The van der Waals surface area contributed by atoms with E-state index in [0.717, 1.165) is 29.6 Å². The lowest BCUT2D eigenvalue weighted by atomic mass is 10.1. The number of para-hydroxylation sites is 1. The lowest BCUT2D eigenvalue weighted by molar-refractivity contribution is -0.117. The topological polar surface area (TPSA) is 86.9 Å². The normalized spacial score (nSPS) is 10.9. The molecule has 2 aromatic rings. The largest absolute Gasteiger partial charge is 0.369 e. The van der Waals surface area contributed by atoms with E-state index < -0.39 is 0 Å². The minimum absolute atomic E-state index is 0.177. The highest BCUT2D eigenvalue weighted by molar-refractivity contribution is 5.87. The summed E-state index contributed by atoms with van der Waals surface area (Å²) < 4.78 is 1.89. The van der Waals surface area contributed by atoms with Crippen molar-refractivity contribution in [3.05, 3.63) is 30.0 Å². The summed E-state index contributed by atoms with van der Waals surface area (Å²) in [6.07, 6.45) is 1.04. The minimum Gasteiger partial charge on any atom is -0.369 e. The fraction of sp³-hybridized carbons (Fsp3) is 0.333. The highest BCUT2D eigenvalue weighted by atomic mass is 16.1. The standard InChI is InChI=1S/C12H16N4O/c13-6-3-7-16-11-5-2-1-4-9(11)10(15-16)8-12(14)17/h1-2,4-5H,3,6-8,13H2,(H2,14,17). The molecule has 0 aliphatic carbocycles. The van der Waals surface area contributed by atoms with Gasteiger partial charge in [0.1, 0.15) is 0 Å². The van der Waals surface area contributed by atoms with Gasteiger partial charge in [0.2, 0.25) is 5.91 Å². The van der Waals surface area contributed by atoms with Gasteiger partial charge in [-0.1, -0.05) is 18.2 Å². The van der Waals surface area contributed by atoms with E-state index in [9.17, 15) is 4.79 Å². The van der Waals surface area contributed by atoms with Gasteiger partial charge in [0.25, 0.3) is 0 Å². The van der Waals surface area contributed by atoms with Crippen LogP contribution in [0.5, 0.6) is 0 Å². The summed E-state index contributed by atoms with van der Waals surface area (Å²) in [5.74, 6) is -0.362. The first-order valence-corrected chi connectivity index (χ1v) is 5.65. The first-order chi connectivity index (χ1) is 8.22. The number of rotatable bonds is 5. The molecule has 0 spiro atoms. The Morgan fingerprint density at radius 1 is 1.35 bits per heavy atom. The fourth-order valence-electron chi connectivity index (χ4n) is 1.90. The third-order valence-corrected chi connectivity index (χ3v) is 2.65. The number of primary amides is 1. The van der Waals surface area contributed by atoms with E-state index in [4.69, 9.17) is 11.5 Å². The van der Waals surface area contributed by atoms with Crippen molar-refractivity contribution in [1.29, 1.82) is 0 Å². The molecule has 1 aromatic carbocycles. The van der Waals surface area contributed by atoms with Gasteiger partial charge in [0.15, 0.2) is 0 Å². The summed E-state index contributed by atoms with van der Waals surface area (Å²) in [4.78, 5) is 11.0. The van der Waals surface area contributed by atoms with Gasteiger partial charge in [0.05, 0.1) is 17.6 Å². The van der Waals surface area contributed by atoms with Gasteiger partial charge in [-0.25, -0.2) is 0 Å². The van der Waals surface area contributed by atoms with Crippen LogP contribution in [-0.2, 0) is 17.8 Å².